The largest absolute Gasteiger partial charge is 0.480 e. The number of hydrogen-bond acceptors (Lipinski definition) is 31. The quantitative estimate of drug-likeness (QED) is 0.0596. The number of nitrogens with one attached hydrogen (secondary N) is 14. The van der Waals surface area contributed by atoms with Gasteiger partial charge in [0.05, 0.1) is 52.4 Å². The molecule has 6 aliphatic heterocycles. The second-order valence-electron chi connectivity index (χ2n) is 36.4. The molecule has 0 radical (unpaired) electrons. The van der Waals surface area contributed by atoms with E-state index in [1.54, 1.807) is 68.9 Å². The lowest BCUT2D eigenvalue weighted by molar-refractivity contribution is -0.138. The molecule has 0 spiro atoms. The van der Waals surface area contributed by atoms with Gasteiger partial charge in [-0.05, 0) is 161 Å². The maximum absolute atomic E-state index is 12.5. The summed E-state index contributed by atoms with van der Waals surface area (Å²) < 4.78 is 0. The molecule has 6 saturated heterocycles. The van der Waals surface area contributed by atoms with Gasteiger partial charge >= 0.3 is 5.97 Å². The van der Waals surface area contributed by atoms with Crippen molar-refractivity contribution in [1.82, 2.24) is 138 Å². The first-order chi connectivity index (χ1) is 65.5. The Morgan fingerprint density at radius 2 is 0.459 bits per heavy atom. The van der Waals surface area contributed by atoms with Gasteiger partial charge in [-0.1, -0.05) is 86.3 Å². The van der Waals surface area contributed by atoms with Crippen LogP contribution in [0.1, 0.15) is 94.6 Å². The molecule has 0 unspecified atom stereocenters. The van der Waals surface area contributed by atoms with Gasteiger partial charge in [-0.3, -0.25) is 87.4 Å². The Balaban J connectivity index is 0.000000433. The predicted molar refractivity (Wildman–Crippen MR) is 548 cm³/mol. The Hall–Kier alpha value is -6.72. The summed E-state index contributed by atoms with van der Waals surface area (Å²) in [6, 6.07) is 21.6. The first-order valence-electron chi connectivity index (χ1n) is 50.9. The van der Waals surface area contributed by atoms with Crippen molar-refractivity contribution in [2.75, 3.05) is 403 Å². The molecule has 2 aromatic carbocycles. The van der Waals surface area contributed by atoms with E-state index in [4.69, 9.17) is 22.3 Å². The minimum absolute atomic E-state index is 0.0408. The van der Waals surface area contributed by atoms with Crippen LogP contribution in [0.2, 0.25) is 0 Å². The number of hydrogen-bond donors (Lipinski definition) is 18. The molecule has 0 bridgehead atoms. The molecule has 8 rings (SSSR count). The van der Waals surface area contributed by atoms with Crippen LogP contribution in [0.15, 0.2) is 60.7 Å². The highest BCUT2D eigenvalue weighted by Gasteiger charge is 2.24. The zero-order valence-corrected chi connectivity index (χ0v) is 84.8. The van der Waals surface area contributed by atoms with E-state index in [0.29, 0.717) is 131 Å². The lowest BCUT2D eigenvalue weighted by Crippen LogP contribution is -2.50. The van der Waals surface area contributed by atoms with E-state index in [1.165, 1.54) is 108 Å². The molecule has 6 heterocycles. The molecule has 0 saturated carbocycles. The molecule has 0 aliphatic carbocycles. The molecular formula is C96H190N30O9. The van der Waals surface area contributed by atoms with Gasteiger partial charge in [-0.2, -0.15) is 0 Å². The zero-order valence-electron chi connectivity index (χ0n) is 84.8. The third-order valence-electron chi connectivity index (χ3n) is 23.8. The van der Waals surface area contributed by atoms with Gasteiger partial charge in [-0.15, -0.1) is 0 Å². The highest BCUT2D eigenvalue weighted by Crippen LogP contribution is 2.10. The van der Waals surface area contributed by atoms with Crippen molar-refractivity contribution in [2.24, 2.45) is 17.2 Å². The number of primary amides is 3. The lowest BCUT2D eigenvalue weighted by Gasteiger charge is -2.32. The highest BCUT2D eigenvalue weighted by molar-refractivity contribution is 5.79. The number of rotatable bonds is 20. The topological polar surface area (TPSA) is 445 Å². The van der Waals surface area contributed by atoms with Crippen molar-refractivity contribution in [1.29, 1.82) is 0 Å². The van der Waals surface area contributed by atoms with Crippen molar-refractivity contribution in [2.45, 2.75) is 96.6 Å². The average Bonchev–Trinajstić information content (AvgIpc) is 0.909. The van der Waals surface area contributed by atoms with E-state index in [1.807, 2.05) is 14.7 Å². The van der Waals surface area contributed by atoms with Crippen molar-refractivity contribution < 1.29 is 43.5 Å². The van der Waals surface area contributed by atoms with Gasteiger partial charge in [0.1, 0.15) is 0 Å². The number of nitrogens with zero attached hydrogens (tertiary/aromatic N) is 13. The molecular weight excluding hydrogens is 1720 g/mol. The minimum atomic E-state index is -0.956. The van der Waals surface area contributed by atoms with Crippen LogP contribution in [0.25, 0.3) is 0 Å². The van der Waals surface area contributed by atoms with E-state index >= 15 is 0 Å². The fourth-order valence-corrected chi connectivity index (χ4v) is 15.6. The Labute approximate surface area is 813 Å². The standard InChI is InChI=1S/C25H50N8O4.C22H32N4.C16H31N7O5.C13H31N5.C10H24N4.C10H22N2/c1-26-22(34)18-30-10-8-11-32(20-24(36)28(4)5)16-17-33(21-25(37)29(6)7)13-9-12-31(15-14-30)19-23(35)27(2)3;1-3-7-21(8-4-1)19-25-15-11-23-13-17-26(18-14-24-12-16-25)20-22-9-5-2-6-10-22;17-13(24)9-20-1-3-21(10-14(18)25)5-7-23(12-16(27)28)8-6-22(4-2-20)11-15(19)26;1-2-4-14-6-8-16-10-12-18-13-11-17-9-7-15-5-3-1;1-3-11-7-9-13-5-2-6-14-10-8-12-4-1;1-2-4-7-11-9-6-10-12-8-5-3-1/h8-21H2,1-7H3,(H,26,34);1-10,23-24H,11-20H2;1-12H2,(H2,17,24)(H2,18,25)(H2,19,26)(H,27,28);14-18H,1-13H2;11-14H,1-10H2;11-12H,1-10H2. The van der Waals surface area contributed by atoms with Crippen LogP contribution < -0.4 is 91.6 Å². The van der Waals surface area contributed by atoms with Gasteiger partial charge in [0, 0.05) is 272 Å². The average molecular weight is 1910 g/mol. The third kappa shape index (κ3) is 73.1. The second kappa shape index (κ2) is 84.2. The van der Waals surface area contributed by atoms with Crippen LogP contribution in [0.4, 0.5) is 0 Å². The summed E-state index contributed by atoms with van der Waals surface area (Å²) in [7, 11) is 12.2. The van der Waals surface area contributed by atoms with E-state index in [9.17, 15) is 38.4 Å². The van der Waals surface area contributed by atoms with Crippen molar-refractivity contribution >= 4 is 47.3 Å². The van der Waals surface area contributed by atoms with Gasteiger partial charge in [0.2, 0.25) is 41.4 Å². The Morgan fingerprint density at radius 3 is 0.704 bits per heavy atom. The van der Waals surface area contributed by atoms with E-state index in [-0.39, 0.29) is 49.8 Å². The van der Waals surface area contributed by atoms with Crippen molar-refractivity contribution in [3.05, 3.63) is 71.8 Å². The first-order valence-corrected chi connectivity index (χ1v) is 50.9. The SMILES string of the molecule is C1CCCNCCCNCCC1.C1CCNCCNCCNCCNCCNCC1.C1CNCCNCCCNCCNC1.CNC(=O)CN1CCCN(CC(=O)N(C)C)CCN(CC(=O)N(C)C)CCCN(CC(=O)N(C)C)CC1.NC(=O)CN1CCN(CC(N)=O)CCN(CC(=O)O)CCN(CC(N)=O)CC1.c1ccc(CN2CCNCCN(Cc3ccccc3)CCNCC2)cc1. The monoisotopic (exact) mass is 1910 g/mol. The number of carbonyl (C=O) groups excluding carboxylic acids is 7. The van der Waals surface area contributed by atoms with E-state index in [0.717, 1.165) is 196 Å². The number of carboxylic acid groups (broad SMARTS) is 1. The molecule has 0 atom stereocenters. The third-order valence-corrected chi connectivity index (χ3v) is 23.8. The van der Waals surface area contributed by atoms with Crippen LogP contribution in [-0.4, -0.2) is 519 Å². The maximum atomic E-state index is 12.5. The van der Waals surface area contributed by atoms with Crippen molar-refractivity contribution in [3.63, 3.8) is 0 Å². The van der Waals surface area contributed by atoms with Gasteiger partial charge in [-0.25, -0.2) is 0 Å². The summed E-state index contributed by atoms with van der Waals surface area (Å²) >= 11 is 0. The number of benzene rings is 2. The summed E-state index contributed by atoms with van der Waals surface area (Å²) in [4.78, 5) is 120. The Morgan fingerprint density at radius 1 is 0.252 bits per heavy atom. The van der Waals surface area contributed by atoms with Crippen LogP contribution in [0.3, 0.4) is 0 Å². The zero-order chi connectivity index (χ0) is 98.0. The number of likely N-dealkylation sites (N-methyl/N-ethyl adjacent to an activating group) is 4. The molecule has 39 heteroatoms. The fraction of sp³-hybridized carbons (Fsp3) is 0.792. The summed E-state index contributed by atoms with van der Waals surface area (Å²) in [6.45, 7) is 45.5. The summed E-state index contributed by atoms with van der Waals surface area (Å²) in [5, 5.41) is 56.9. The molecule has 21 N–H and O–H groups in total. The fourth-order valence-electron chi connectivity index (χ4n) is 15.6. The predicted octanol–water partition coefficient (Wildman–Crippen LogP) is -4.29. The summed E-state index contributed by atoms with van der Waals surface area (Å²) in [5.41, 5.74) is 18.7. The van der Waals surface area contributed by atoms with Crippen LogP contribution in [-0.2, 0) is 51.4 Å². The first kappa shape index (κ1) is 122. The molecule has 39 nitrogen and oxygen atoms in total. The van der Waals surface area contributed by atoms with Crippen LogP contribution in [0, 0.1) is 0 Å². The number of carbonyl (C=O) groups is 8. The molecule has 778 valence electrons. The number of nitrogens with two attached hydrogens (primary N) is 3. The summed E-state index contributed by atoms with van der Waals surface area (Å²) in [6.07, 6.45) is 16.2. The maximum Gasteiger partial charge on any atom is 0.317 e. The van der Waals surface area contributed by atoms with Crippen LogP contribution in [0.5, 0.6) is 0 Å². The Kier molecular flexibility index (Phi) is 76.3. The smallest absolute Gasteiger partial charge is 0.317 e. The highest BCUT2D eigenvalue weighted by atomic mass is 16.4. The number of carboxylic acids is 1. The molecule has 0 aromatic heterocycles. The van der Waals surface area contributed by atoms with Gasteiger partial charge in [0.25, 0.3) is 0 Å². The number of amides is 7. The summed E-state index contributed by atoms with van der Waals surface area (Å²) in [5.74, 6) is -2.30. The molecule has 7 amide bonds. The molecule has 2 aromatic rings. The second-order valence-corrected chi connectivity index (χ2v) is 36.4. The molecule has 6 aliphatic rings. The van der Waals surface area contributed by atoms with E-state index in [2.05, 4.69) is 164 Å². The minimum Gasteiger partial charge on any atom is -0.480 e. The molecule has 135 heavy (non-hydrogen) atoms. The number of aliphatic carboxylic acids is 1. The van der Waals surface area contributed by atoms with Crippen molar-refractivity contribution in [3.8, 4) is 0 Å². The van der Waals surface area contributed by atoms with Crippen LogP contribution >= 0.6 is 0 Å². The Bertz CT molecular complexity index is 2900. The lowest BCUT2D eigenvalue weighted by atomic mass is 10.1. The van der Waals surface area contributed by atoms with Gasteiger partial charge < -0.3 is 111 Å². The van der Waals surface area contributed by atoms with E-state index < -0.39 is 23.7 Å². The normalized spacial score (nSPS) is 20.4. The molecule has 6 fully saturated rings. The van der Waals surface area contributed by atoms with Gasteiger partial charge in [0.15, 0.2) is 0 Å².